The average Bonchev–Trinajstić information content (AvgIpc) is 2.32. The molecule has 0 aromatic heterocycles. The number of hydrogen-bond donors (Lipinski definition) is 3. The summed E-state index contributed by atoms with van der Waals surface area (Å²) >= 11 is 0. The van der Waals surface area contributed by atoms with Gasteiger partial charge in [0.05, 0.1) is 12.7 Å². The van der Waals surface area contributed by atoms with Crippen LogP contribution in [0.3, 0.4) is 0 Å². The van der Waals surface area contributed by atoms with Gasteiger partial charge in [0.2, 0.25) is 0 Å². The summed E-state index contributed by atoms with van der Waals surface area (Å²) in [4.78, 5) is 12.0. The third-order valence-electron chi connectivity index (χ3n) is 3.26. The number of anilines is 1. The van der Waals surface area contributed by atoms with Crippen LogP contribution in [-0.2, 0) is 0 Å². The molecule has 0 radical (unpaired) electrons. The fraction of sp³-hybridized carbons (Fsp3) is 0.500. The van der Waals surface area contributed by atoms with Crippen molar-refractivity contribution in [3.63, 3.8) is 0 Å². The number of nitrogen functional groups attached to an aromatic ring is 1. The zero-order valence-corrected chi connectivity index (χ0v) is 11.1. The maximum absolute atomic E-state index is 12.0. The molecule has 1 amide bonds. The van der Waals surface area contributed by atoms with E-state index in [0.717, 1.165) is 12.8 Å². The lowest BCUT2D eigenvalue weighted by Gasteiger charge is -2.31. The molecule has 1 aliphatic carbocycles. The van der Waals surface area contributed by atoms with Crippen molar-refractivity contribution in [2.24, 2.45) is 5.92 Å². The molecule has 5 nitrogen and oxygen atoms in total. The Hall–Kier alpha value is -1.75. The largest absolute Gasteiger partial charge is 0.494 e. The molecule has 104 valence electrons. The highest BCUT2D eigenvalue weighted by Crippen LogP contribution is 2.26. The van der Waals surface area contributed by atoms with Crippen LogP contribution in [0, 0.1) is 5.92 Å². The van der Waals surface area contributed by atoms with E-state index in [1.165, 1.54) is 0 Å². The number of nitrogens with two attached hydrogens (primary N) is 1. The van der Waals surface area contributed by atoms with Crippen LogP contribution in [0.15, 0.2) is 18.2 Å². The molecule has 2 rings (SSSR count). The molecular formula is C14H20N2O3. The van der Waals surface area contributed by atoms with Crippen molar-refractivity contribution in [1.82, 2.24) is 5.32 Å². The smallest absolute Gasteiger partial charge is 0.251 e. The summed E-state index contributed by atoms with van der Waals surface area (Å²) in [7, 11) is 0. The molecule has 4 N–H and O–H groups in total. The third-order valence-corrected chi connectivity index (χ3v) is 3.26. The first-order valence-electron chi connectivity index (χ1n) is 6.58. The number of carbonyl (C=O) groups is 1. The standard InChI is InChI=1S/C14H20N2O3/c1-2-19-13-6-10(5-11(15)7-13)14(18)16-8-9-3-12(17)4-9/h5-7,9,12,17H,2-4,8,15H2,1H3,(H,16,18). The van der Waals surface area contributed by atoms with Crippen molar-refractivity contribution in [2.45, 2.75) is 25.9 Å². The highest BCUT2D eigenvalue weighted by atomic mass is 16.5. The van der Waals surface area contributed by atoms with Gasteiger partial charge >= 0.3 is 0 Å². The van der Waals surface area contributed by atoms with E-state index in [4.69, 9.17) is 10.5 Å². The van der Waals surface area contributed by atoms with Crippen LogP contribution in [0.25, 0.3) is 0 Å². The van der Waals surface area contributed by atoms with E-state index in [1.807, 2.05) is 6.92 Å². The van der Waals surface area contributed by atoms with E-state index in [1.54, 1.807) is 18.2 Å². The highest BCUT2D eigenvalue weighted by Gasteiger charge is 2.27. The lowest BCUT2D eigenvalue weighted by molar-refractivity contribution is 0.0420. The topological polar surface area (TPSA) is 84.6 Å². The van der Waals surface area contributed by atoms with E-state index in [0.29, 0.717) is 36.1 Å². The van der Waals surface area contributed by atoms with Gasteiger partial charge < -0.3 is 20.9 Å². The molecule has 19 heavy (non-hydrogen) atoms. The van der Waals surface area contributed by atoms with Gasteiger partial charge in [-0.3, -0.25) is 4.79 Å². The second-order valence-electron chi connectivity index (χ2n) is 4.93. The maximum atomic E-state index is 12.0. The van der Waals surface area contributed by atoms with E-state index < -0.39 is 0 Å². The van der Waals surface area contributed by atoms with Gasteiger partial charge in [0.15, 0.2) is 0 Å². The van der Waals surface area contributed by atoms with Crippen LogP contribution < -0.4 is 15.8 Å². The number of aliphatic hydroxyl groups excluding tert-OH is 1. The molecule has 0 bridgehead atoms. The molecular weight excluding hydrogens is 244 g/mol. The number of ether oxygens (including phenoxy) is 1. The zero-order valence-electron chi connectivity index (χ0n) is 11.1. The number of benzene rings is 1. The number of carbonyl (C=O) groups excluding carboxylic acids is 1. The average molecular weight is 264 g/mol. The summed E-state index contributed by atoms with van der Waals surface area (Å²) in [6, 6.07) is 5.01. The van der Waals surface area contributed by atoms with Crippen molar-refractivity contribution < 1.29 is 14.6 Å². The van der Waals surface area contributed by atoms with Gasteiger partial charge in [-0.05, 0) is 37.8 Å². The van der Waals surface area contributed by atoms with E-state index >= 15 is 0 Å². The van der Waals surface area contributed by atoms with Crippen LogP contribution >= 0.6 is 0 Å². The van der Waals surface area contributed by atoms with E-state index in [-0.39, 0.29) is 12.0 Å². The first-order chi connectivity index (χ1) is 9.08. The van der Waals surface area contributed by atoms with Crippen LogP contribution in [0.1, 0.15) is 30.1 Å². The summed E-state index contributed by atoms with van der Waals surface area (Å²) in [6.07, 6.45) is 1.34. The monoisotopic (exact) mass is 264 g/mol. The third kappa shape index (κ3) is 3.61. The Morgan fingerprint density at radius 1 is 1.47 bits per heavy atom. The Bertz CT molecular complexity index is 456. The second-order valence-corrected chi connectivity index (χ2v) is 4.93. The van der Waals surface area contributed by atoms with E-state index in [2.05, 4.69) is 5.32 Å². The predicted molar refractivity (Wildman–Crippen MR) is 73.1 cm³/mol. The minimum absolute atomic E-state index is 0.158. The summed E-state index contributed by atoms with van der Waals surface area (Å²) < 4.78 is 5.36. The van der Waals surface area contributed by atoms with Gasteiger partial charge in [0, 0.05) is 23.9 Å². The minimum Gasteiger partial charge on any atom is -0.494 e. The van der Waals surface area contributed by atoms with Crippen LogP contribution in [-0.4, -0.2) is 30.3 Å². The molecule has 1 fully saturated rings. The number of hydrogen-bond acceptors (Lipinski definition) is 4. The molecule has 0 spiro atoms. The van der Waals surface area contributed by atoms with Crippen molar-refractivity contribution in [1.29, 1.82) is 0 Å². The van der Waals surface area contributed by atoms with Crippen molar-refractivity contribution in [3.8, 4) is 5.75 Å². The van der Waals surface area contributed by atoms with Crippen LogP contribution in [0.2, 0.25) is 0 Å². The number of amides is 1. The summed E-state index contributed by atoms with van der Waals surface area (Å²) in [5, 5.41) is 12.0. The molecule has 0 aliphatic heterocycles. The quantitative estimate of drug-likeness (QED) is 0.697. The first kappa shape index (κ1) is 13.7. The normalized spacial score (nSPS) is 21.6. The number of aliphatic hydroxyl groups is 1. The SMILES string of the molecule is CCOc1cc(N)cc(C(=O)NCC2CC(O)C2)c1. The fourth-order valence-corrected chi connectivity index (χ4v) is 2.21. The number of rotatable bonds is 5. The Labute approximate surface area is 112 Å². The Morgan fingerprint density at radius 3 is 2.84 bits per heavy atom. The Morgan fingerprint density at radius 2 is 2.21 bits per heavy atom. The lowest BCUT2D eigenvalue weighted by Crippen LogP contribution is -2.38. The Kier molecular flexibility index (Phi) is 4.27. The van der Waals surface area contributed by atoms with Gasteiger partial charge in [-0.25, -0.2) is 0 Å². The summed E-state index contributed by atoms with van der Waals surface area (Å²) in [6.45, 7) is 3.00. The lowest BCUT2D eigenvalue weighted by atomic mass is 9.82. The predicted octanol–water partition coefficient (Wildman–Crippen LogP) is 1.17. The van der Waals surface area contributed by atoms with E-state index in [9.17, 15) is 9.90 Å². The van der Waals surface area contributed by atoms with Crippen LogP contribution in [0.5, 0.6) is 5.75 Å². The molecule has 5 heteroatoms. The molecule has 1 aromatic rings. The molecule has 1 aliphatic rings. The Balaban J connectivity index is 1.94. The highest BCUT2D eigenvalue weighted by molar-refractivity contribution is 5.95. The van der Waals surface area contributed by atoms with Gasteiger partial charge in [0.25, 0.3) is 5.91 Å². The number of nitrogens with one attached hydrogen (secondary N) is 1. The van der Waals surface area contributed by atoms with Gasteiger partial charge in [-0.15, -0.1) is 0 Å². The first-order valence-corrected chi connectivity index (χ1v) is 6.58. The molecule has 0 saturated heterocycles. The minimum atomic E-state index is -0.196. The maximum Gasteiger partial charge on any atom is 0.251 e. The molecule has 0 atom stereocenters. The molecule has 0 unspecified atom stereocenters. The van der Waals surface area contributed by atoms with Gasteiger partial charge in [-0.1, -0.05) is 0 Å². The molecule has 1 saturated carbocycles. The van der Waals surface area contributed by atoms with Crippen molar-refractivity contribution >= 4 is 11.6 Å². The second kappa shape index (κ2) is 5.93. The van der Waals surface area contributed by atoms with Gasteiger partial charge in [-0.2, -0.15) is 0 Å². The summed E-state index contributed by atoms with van der Waals surface area (Å²) in [5.74, 6) is 0.827. The molecule has 1 aromatic carbocycles. The molecule has 0 heterocycles. The van der Waals surface area contributed by atoms with Crippen molar-refractivity contribution in [2.75, 3.05) is 18.9 Å². The van der Waals surface area contributed by atoms with Crippen LogP contribution in [0.4, 0.5) is 5.69 Å². The summed E-state index contributed by atoms with van der Waals surface area (Å²) in [5.41, 5.74) is 6.76. The van der Waals surface area contributed by atoms with Crippen molar-refractivity contribution in [3.05, 3.63) is 23.8 Å². The fourth-order valence-electron chi connectivity index (χ4n) is 2.21. The zero-order chi connectivity index (χ0) is 13.8. The van der Waals surface area contributed by atoms with Gasteiger partial charge in [0.1, 0.15) is 5.75 Å².